The maximum absolute atomic E-state index is 13.4. The van der Waals surface area contributed by atoms with Crippen LogP contribution in [0.15, 0.2) is 12.1 Å². The predicted octanol–water partition coefficient (Wildman–Crippen LogP) is 2.32. The third-order valence-electron chi connectivity index (χ3n) is 2.37. The Kier molecular flexibility index (Phi) is 5.35. The first kappa shape index (κ1) is 15.5. The lowest BCUT2D eigenvalue weighted by Crippen LogP contribution is -2.28. The molecule has 0 aliphatic rings. The minimum absolute atomic E-state index is 0.0660. The maximum atomic E-state index is 13.4. The fourth-order valence-corrected chi connectivity index (χ4v) is 1.60. The average Bonchev–Trinajstić information content (AvgIpc) is 2.24. The molecule has 106 valence electrons. The van der Waals surface area contributed by atoms with Gasteiger partial charge in [0.2, 0.25) is 0 Å². The van der Waals surface area contributed by atoms with Crippen LogP contribution in [0.2, 0.25) is 0 Å². The van der Waals surface area contributed by atoms with Gasteiger partial charge in [-0.3, -0.25) is 4.79 Å². The summed E-state index contributed by atoms with van der Waals surface area (Å²) in [5.74, 6) is -3.79. The lowest BCUT2D eigenvalue weighted by atomic mass is 10.0. The van der Waals surface area contributed by atoms with E-state index in [1.54, 1.807) is 13.8 Å². The van der Waals surface area contributed by atoms with Gasteiger partial charge in [0, 0.05) is 12.1 Å². The number of halogens is 3. The summed E-state index contributed by atoms with van der Waals surface area (Å²) in [4.78, 5) is 11.3. The molecule has 1 aromatic carbocycles. The van der Waals surface area contributed by atoms with Gasteiger partial charge in [-0.1, -0.05) is 0 Å². The van der Waals surface area contributed by atoms with Gasteiger partial charge in [-0.05, 0) is 31.9 Å². The fraction of sp³-hybridized carbons (Fsp3) is 0.462. The summed E-state index contributed by atoms with van der Waals surface area (Å²) in [6.45, 7) is 3.39. The SMILES string of the molecule is CC(C)OC(=O)C[C@H](N)Cc1cc(F)c(F)cc1F. The molecule has 19 heavy (non-hydrogen) atoms. The van der Waals surface area contributed by atoms with Crippen molar-refractivity contribution in [3.05, 3.63) is 35.1 Å². The Bertz CT molecular complexity index is 463. The van der Waals surface area contributed by atoms with Gasteiger partial charge >= 0.3 is 5.97 Å². The van der Waals surface area contributed by atoms with Crippen molar-refractivity contribution < 1.29 is 22.7 Å². The van der Waals surface area contributed by atoms with E-state index in [1.807, 2.05) is 0 Å². The highest BCUT2D eigenvalue weighted by Crippen LogP contribution is 2.15. The topological polar surface area (TPSA) is 52.3 Å². The molecule has 0 aliphatic heterocycles. The van der Waals surface area contributed by atoms with Gasteiger partial charge in [-0.2, -0.15) is 0 Å². The average molecular weight is 275 g/mol. The molecule has 3 nitrogen and oxygen atoms in total. The highest BCUT2D eigenvalue weighted by Gasteiger charge is 2.16. The quantitative estimate of drug-likeness (QED) is 0.662. The smallest absolute Gasteiger partial charge is 0.307 e. The van der Waals surface area contributed by atoms with Gasteiger partial charge in [-0.25, -0.2) is 13.2 Å². The predicted molar refractivity (Wildman–Crippen MR) is 63.8 cm³/mol. The normalized spacial score (nSPS) is 12.6. The van der Waals surface area contributed by atoms with Gasteiger partial charge in [0.1, 0.15) is 5.82 Å². The number of carbonyl (C=O) groups is 1. The molecular formula is C13H16F3NO2. The lowest BCUT2D eigenvalue weighted by Gasteiger charge is -2.13. The number of benzene rings is 1. The van der Waals surface area contributed by atoms with Crippen molar-refractivity contribution >= 4 is 5.97 Å². The summed E-state index contributed by atoms with van der Waals surface area (Å²) in [7, 11) is 0. The highest BCUT2D eigenvalue weighted by molar-refractivity contribution is 5.70. The Balaban J connectivity index is 2.64. The van der Waals surface area contributed by atoms with E-state index in [4.69, 9.17) is 10.5 Å². The molecule has 1 atom stereocenters. The van der Waals surface area contributed by atoms with E-state index in [-0.39, 0.29) is 24.5 Å². The Morgan fingerprint density at radius 1 is 1.21 bits per heavy atom. The van der Waals surface area contributed by atoms with Gasteiger partial charge in [0.25, 0.3) is 0 Å². The molecule has 0 bridgehead atoms. The van der Waals surface area contributed by atoms with Crippen molar-refractivity contribution in [2.45, 2.75) is 38.8 Å². The van der Waals surface area contributed by atoms with E-state index in [0.29, 0.717) is 6.07 Å². The lowest BCUT2D eigenvalue weighted by molar-refractivity contribution is -0.147. The van der Waals surface area contributed by atoms with Crippen molar-refractivity contribution in [1.82, 2.24) is 0 Å². The van der Waals surface area contributed by atoms with E-state index in [1.165, 1.54) is 0 Å². The van der Waals surface area contributed by atoms with Crippen LogP contribution < -0.4 is 5.73 Å². The first-order valence-corrected chi connectivity index (χ1v) is 5.88. The fourth-order valence-electron chi connectivity index (χ4n) is 1.60. The van der Waals surface area contributed by atoms with Crippen LogP contribution >= 0.6 is 0 Å². The number of carbonyl (C=O) groups excluding carboxylic acids is 1. The molecule has 1 aromatic rings. The van der Waals surface area contributed by atoms with E-state index in [0.717, 1.165) is 6.07 Å². The molecule has 0 heterocycles. The van der Waals surface area contributed by atoms with Crippen molar-refractivity contribution in [2.75, 3.05) is 0 Å². The first-order chi connectivity index (χ1) is 8.79. The molecular weight excluding hydrogens is 259 g/mol. The minimum atomic E-state index is -1.26. The van der Waals surface area contributed by atoms with Crippen molar-refractivity contribution in [2.24, 2.45) is 5.73 Å². The van der Waals surface area contributed by atoms with Crippen LogP contribution in [0.25, 0.3) is 0 Å². The molecule has 0 radical (unpaired) electrons. The Morgan fingerprint density at radius 3 is 2.37 bits per heavy atom. The second-order valence-electron chi connectivity index (χ2n) is 4.56. The summed E-state index contributed by atoms with van der Waals surface area (Å²) >= 11 is 0. The summed E-state index contributed by atoms with van der Waals surface area (Å²) in [5, 5.41) is 0. The number of hydrogen-bond acceptors (Lipinski definition) is 3. The van der Waals surface area contributed by atoms with Crippen LogP contribution in [0.1, 0.15) is 25.8 Å². The molecule has 0 saturated heterocycles. The molecule has 0 unspecified atom stereocenters. The van der Waals surface area contributed by atoms with E-state index < -0.39 is 29.5 Å². The molecule has 0 saturated carbocycles. The van der Waals surface area contributed by atoms with Crippen molar-refractivity contribution in [3.8, 4) is 0 Å². The van der Waals surface area contributed by atoms with Crippen LogP contribution in [-0.2, 0) is 16.0 Å². The second-order valence-corrected chi connectivity index (χ2v) is 4.56. The first-order valence-electron chi connectivity index (χ1n) is 5.88. The standard InChI is InChI=1S/C13H16F3NO2/c1-7(2)19-13(18)5-9(17)3-8-4-11(15)12(16)6-10(8)14/h4,6-7,9H,3,5,17H2,1-2H3/t9-/m1/s1. The molecule has 0 amide bonds. The zero-order chi connectivity index (χ0) is 14.6. The Hall–Kier alpha value is -1.56. The van der Waals surface area contributed by atoms with Gasteiger partial charge < -0.3 is 10.5 Å². The van der Waals surface area contributed by atoms with Crippen LogP contribution in [0.3, 0.4) is 0 Å². The van der Waals surface area contributed by atoms with Crippen LogP contribution in [0, 0.1) is 17.5 Å². The molecule has 0 spiro atoms. The molecule has 0 aromatic heterocycles. The number of esters is 1. The third-order valence-corrected chi connectivity index (χ3v) is 2.37. The number of hydrogen-bond donors (Lipinski definition) is 1. The van der Waals surface area contributed by atoms with Crippen LogP contribution in [0.5, 0.6) is 0 Å². The monoisotopic (exact) mass is 275 g/mol. The van der Waals surface area contributed by atoms with E-state index in [2.05, 4.69) is 0 Å². The van der Waals surface area contributed by atoms with Crippen LogP contribution in [0.4, 0.5) is 13.2 Å². The van der Waals surface area contributed by atoms with Crippen molar-refractivity contribution in [3.63, 3.8) is 0 Å². The molecule has 0 aliphatic carbocycles. The van der Waals surface area contributed by atoms with Gasteiger partial charge in [-0.15, -0.1) is 0 Å². The maximum Gasteiger partial charge on any atom is 0.307 e. The Labute approximate surface area is 109 Å². The number of nitrogens with two attached hydrogens (primary N) is 1. The van der Waals surface area contributed by atoms with Crippen LogP contribution in [-0.4, -0.2) is 18.1 Å². The molecule has 6 heteroatoms. The second kappa shape index (κ2) is 6.56. The zero-order valence-electron chi connectivity index (χ0n) is 10.8. The van der Waals surface area contributed by atoms with Crippen molar-refractivity contribution in [1.29, 1.82) is 0 Å². The minimum Gasteiger partial charge on any atom is -0.463 e. The van der Waals surface area contributed by atoms with E-state index >= 15 is 0 Å². The summed E-state index contributed by atoms with van der Waals surface area (Å²) in [6, 6.07) is 0.493. The molecule has 2 N–H and O–H groups in total. The Morgan fingerprint density at radius 2 is 1.79 bits per heavy atom. The zero-order valence-corrected chi connectivity index (χ0v) is 10.8. The largest absolute Gasteiger partial charge is 0.463 e. The van der Waals surface area contributed by atoms with E-state index in [9.17, 15) is 18.0 Å². The summed E-state index contributed by atoms with van der Waals surface area (Å²) < 4.78 is 43.9. The van der Waals surface area contributed by atoms with Gasteiger partial charge in [0.05, 0.1) is 12.5 Å². The number of ether oxygens (including phenoxy) is 1. The van der Waals surface area contributed by atoms with Gasteiger partial charge in [0.15, 0.2) is 11.6 Å². The highest BCUT2D eigenvalue weighted by atomic mass is 19.2. The number of rotatable bonds is 5. The summed E-state index contributed by atoms with van der Waals surface area (Å²) in [6.07, 6.45) is -0.452. The molecule has 0 fully saturated rings. The third kappa shape index (κ3) is 4.90. The summed E-state index contributed by atoms with van der Waals surface area (Å²) in [5.41, 5.74) is 5.59. The molecule has 1 rings (SSSR count).